The zero-order valence-electron chi connectivity index (χ0n) is 12.1. The van der Waals surface area contributed by atoms with Gasteiger partial charge in [-0.3, -0.25) is 0 Å². The fraction of sp³-hybridized carbons (Fsp3) is 1.00. The first-order chi connectivity index (χ1) is 9.84. The number of hydrogen-bond acceptors (Lipinski definition) is 3. The molecule has 0 amide bonds. The van der Waals surface area contributed by atoms with E-state index in [1.54, 1.807) is 0 Å². The van der Waals surface area contributed by atoms with Crippen LogP contribution in [-0.2, 0) is 9.47 Å². The predicted molar refractivity (Wildman–Crippen MR) is 69.6 cm³/mol. The summed E-state index contributed by atoms with van der Waals surface area (Å²) in [5, 5.41) is 9.73. The molecule has 2 saturated carbocycles. The summed E-state index contributed by atoms with van der Waals surface area (Å²) in [4.78, 5) is 0. The Hall–Kier alpha value is -0.330. The van der Waals surface area contributed by atoms with Crippen molar-refractivity contribution in [3.63, 3.8) is 0 Å². The fourth-order valence-corrected chi connectivity index (χ4v) is 4.21. The van der Waals surface area contributed by atoms with Crippen molar-refractivity contribution in [2.24, 2.45) is 11.8 Å². The molecule has 0 radical (unpaired) electrons. The monoisotopic (exact) mass is 308 g/mol. The Morgan fingerprint density at radius 3 is 1.67 bits per heavy atom. The summed E-state index contributed by atoms with van der Waals surface area (Å²) in [5.74, 6) is 0.338. The molecule has 3 fully saturated rings. The van der Waals surface area contributed by atoms with E-state index in [-0.39, 0.29) is 12.8 Å². The molecule has 0 unspecified atom stereocenters. The van der Waals surface area contributed by atoms with Gasteiger partial charge in [-0.1, -0.05) is 0 Å². The summed E-state index contributed by atoms with van der Waals surface area (Å²) in [6.45, 7) is 1.29. The van der Waals surface area contributed by atoms with Gasteiger partial charge in [-0.05, 0) is 50.4 Å². The highest BCUT2D eigenvalue weighted by Crippen LogP contribution is 2.48. The molecule has 1 heterocycles. The van der Waals surface area contributed by atoms with E-state index in [1.807, 2.05) is 0 Å². The molecule has 1 N–H and O–H groups in total. The van der Waals surface area contributed by atoms with Crippen molar-refractivity contribution in [3.05, 3.63) is 0 Å². The van der Waals surface area contributed by atoms with E-state index in [4.69, 9.17) is 9.47 Å². The molecular formula is C15H23F3O3. The Labute approximate surface area is 122 Å². The lowest BCUT2D eigenvalue weighted by atomic mass is 9.68. The molecule has 1 aliphatic heterocycles. The zero-order valence-corrected chi connectivity index (χ0v) is 12.1. The average Bonchev–Trinajstić information content (AvgIpc) is 2.88. The van der Waals surface area contributed by atoms with Crippen molar-refractivity contribution in [2.45, 2.75) is 68.9 Å². The topological polar surface area (TPSA) is 38.7 Å². The Morgan fingerprint density at radius 2 is 1.24 bits per heavy atom. The Kier molecular flexibility index (Phi) is 3.99. The summed E-state index contributed by atoms with van der Waals surface area (Å²) in [5.41, 5.74) is -2.46. The molecule has 2 aliphatic carbocycles. The van der Waals surface area contributed by atoms with Gasteiger partial charge in [0, 0.05) is 12.8 Å². The number of hydrogen-bond donors (Lipinski definition) is 1. The van der Waals surface area contributed by atoms with Crippen LogP contribution < -0.4 is 0 Å². The normalized spacial score (nSPS) is 38.0. The molecule has 21 heavy (non-hydrogen) atoms. The van der Waals surface area contributed by atoms with Gasteiger partial charge in [0.1, 0.15) is 0 Å². The first-order valence-corrected chi connectivity index (χ1v) is 7.91. The van der Waals surface area contributed by atoms with Gasteiger partial charge in [0.2, 0.25) is 0 Å². The molecule has 3 aliphatic rings. The minimum atomic E-state index is -4.50. The van der Waals surface area contributed by atoms with Gasteiger partial charge in [-0.15, -0.1) is 0 Å². The fourth-order valence-electron chi connectivity index (χ4n) is 4.21. The van der Waals surface area contributed by atoms with Gasteiger partial charge in [0.25, 0.3) is 0 Å². The molecule has 3 nitrogen and oxygen atoms in total. The van der Waals surface area contributed by atoms with E-state index in [1.165, 1.54) is 0 Å². The van der Waals surface area contributed by atoms with Crippen molar-refractivity contribution >= 4 is 0 Å². The van der Waals surface area contributed by atoms with Crippen LogP contribution in [0.1, 0.15) is 51.4 Å². The molecular weight excluding hydrogens is 285 g/mol. The molecule has 0 aromatic heterocycles. The summed E-state index contributed by atoms with van der Waals surface area (Å²) in [6.07, 6.45) is -0.282. The average molecular weight is 308 g/mol. The Bertz CT molecular complexity index is 359. The van der Waals surface area contributed by atoms with Gasteiger partial charge in [-0.2, -0.15) is 13.2 Å². The third-order valence-electron chi connectivity index (χ3n) is 5.66. The van der Waals surface area contributed by atoms with Gasteiger partial charge in [0.15, 0.2) is 11.4 Å². The molecule has 1 saturated heterocycles. The minimum absolute atomic E-state index is 0.157. The quantitative estimate of drug-likeness (QED) is 0.807. The SMILES string of the molecule is OC1(C(F)(F)F)CCC(C2CCC3(CC2)OCCO3)CC1. The Morgan fingerprint density at radius 1 is 0.810 bits per heavy atom. The van der Waals surface area contributed by atoms with Gasteiger partial charge >= 0.3 is 6.18 Å². The largest absolute Gasteiger partial charge is 0.417 e. The van der Waals surface area contributed by atoms with Crippen LogP contribution in [-0.4, -0.2) is 35.9 Å². The second kappa shape index (κ2) is 5.39. The van der Waals surface area contributed by atoms with Crippen molar-refractivity contribution in [3.8, 4) is 0 Å². The third-order valence-corrected chi connectivity index (χ3v) is 5.66. The maximum atomic E-state index is 12.8. The Balaban J connectivity index is 1.52. The van der Waals surface area contributed by atoms with Gasteiger partial charge < -0.3 is 14.6 Å². The highest BCUT2D eigenvalue weighted by atomic mass is 19.4. The molecule has 6 heteroatoms. The van der Waals surface area contributed by atoms with Crippen LogP contribution in [0.5, 0.6) is 0 Å². The second-order valence-electron chi connectivity index (χ2n) is 6.81. The predicted octanol–water partition coefficient (Wildman–Crippen LogP) is 3.40. The number of ether oxygens (including phenoxy) is 2. The standard InChI is InChI=1S/C15H23F3O3/c16-15(17,18)13(19)5-1-11(2-6-13)12-3-7-14(8-4-12)20-9-10-21-14/h11-12,19H,1-10H2. The molecule has 122 valence electrons. The lowest BCUT2D eigenvalue weighted by Crippen LogP contribution is -2.48. The minimum Gasteiger partial charge on any atom is -0.380 e. The van der Waals surface area contributed by atoms with Crippen LogP contribution in [0.25, 0.3) is 0 Å². The van der Waals surface area contributed by atoms with Crippen molar-refractivity contribution in [1.29, 1.82) is 0 Å². The summed E-state index contributed by atoms with van der Waals surface area (Å²) in [7, 11) is 0. The molecule has 0 aromatic carbocycles. The van der Waals surface area contributed by atoms with E-state index in [0.717, 1.165) is 25.7 Å². The van der Waals surface area contributed by atoms with Crippen LogP contribution in [0.2, 0.25) is 0 Å². The molecule has 0 bridgehead atoms. The maximum absolute atomic E-state index is 12.8. The number of aliphatic hydroxyl groups is 1. The second-order valence-corrected chi connectivity index (χ2v) is 6.81. The first-order valence-electron chi connectivity index (χ1n) is 7.91. The zero-order chi connectivity index (χ0) is 15.1. The van der Waals surface area contributed by atoms with Crippen LogP contribution in [0, 0.1) is 11.8 Å². The van der Waals surface area contributed by atoms with E-state index < -0.39 is 17.6 Å². The number of halogens is 3. The smallest absolute Gasteiger partial charge is 0.380 e. The van der Waals surface area contributed by atoms with Crippen molar-refractivity contribution in [1.82, 2.24) is 0 Å². The molecule has 0 atom stereocenters. The summed E-state index contributed by atoms with van der Waals surface area (Å²) >= 11 is 0. The molecule has 1 spiro atoms. The summed E-state index contributed by atoms with van der Waals surface area (Å²) < 4.78 is 49.8. The summed E-state index contributed by atoms with van der Waals surface area (Å²) in [6, 6.07) is 0. The van der Waals surface area contributed by atoms with Gasteiger partial charge in [-0.25, -0.2) is 0 Å². The first kappa shape index (κ1) is 15.6. The highest BCUT2D eigenvalue weighted by Gasteiger charge is 2.55. The molecule has 0 aromatic rings. The lowest BCUT2D eigenvalue weighted by molar-refractivity contribution is -0.273. The molecule has 3 rings (SSSR count). The lowest BCUT2D eigenvalue weighted by Gasteiger charge is -2.43. The van der Waals surface area contributed by atoms with Crippen LogP contribution >= 0.6 is 0 Å². The third kappa shape index (κ3) is 2.94. The maximum Gasteiger partial charge on any atom is 0.417 e. The van der Waals surface area contributed by atoms with E-state index in [0.29, 0.717) is 37.9 Å². The van der Waals surface area contributed by atoms with Crippen LogP contribution in [0.15, 0.2) is 0 Å². The van der Waals surface area contributed by atoms with E-state index in [2.05, 4.69) is 0 Å². The van der Waals surface area contributed by atoms with Crippen molar-refractivity contribution in [2.75, 3.05) is 13.2 Å². The van der Waals surface area contributed by atoms with Crippen LogP contribution in [0.4, 0.5) is 13.2 Å². The number of alkyl halides is 3. The highest BCUT2D eigenvalue weighted by molar-refractivity contribution is 4.94. The number of rotatable bonds is 1. The van der Waals surface area contributed by atoms with Gasteiger partial charge in [0.05, 0.1) is 13.2 Å². The van der Waals surface area contributed by atoms with Crippen molar-refractivity contribution < 1.29 is 27.8 Å². The van der Waals surface area contributed by atoms with E-state index >= 15 is 0 Å². The van der Waals surface area contributed by atoms with Crippen LogP contribution in [0.3, 0.4) is 0 Å². The van der Waals surface area contributed by atoms with E-state index in [9.17, 15) is 18.3 Å².